The molecule has 0 N–H and O–H groups in total. The maximum Gasteiger partial charge on any atom is 0.198 e. The van der Waals surface area contributed by atoms with Gasteiger partial charge in [-0.25, -0.2) is 5.01 Å². The van der Waals surface area contributed by atoms with Gasteiger partial charge in [0.2, 0.25) is 0 Å². The van der Waals surface area contributed by atoms with Gasteiger partial charge in [-0.05, 0) is 48.5 Å². The minimum absolute atomic E-state index is 0.0761. The monoisotopic (exact) mass is 384 g/mol. The summed E-state index contributed by atoms with van der Waals surface area (Å²) in [7, 11) is 1.65. The van der Waals surface area contributed by atoms with Crippen LogP contribution in [0.5, 0.6) is 5.75 Å². The van der Waals surface area contributed by atoms with E-state index in [-0.39, 0.29) is 11.9 Å². The van der Waals surface area contributed by atoms with Crippen LogP contribution in [0, 0.1) is 0 Å². The molecule has 2 aliphatic rings. The number of carbonyl (C=O) groups excluding carboxylic acids is 1. The van der Waals surface area contributed by atoms with Crippen LogP contribution in [0.25, 0.3) is 11.9 Å². The molecule has 1 aromatic heterocycles. The van der Waals surface area contributed by atoms with Crippen molar-refractivity contribution in [3.05, 3.63) is 84.2 Å². The minimum Gasteiger partial charge on any atom is -0.497 e. The summed E-state index contributed by atoms with van der Waals surface area (Å²) in [6.07, 6.45) is 3.82. The summed E-state index contributed by atoms with van der Waals surface area (Å²) in [4.78, 5) is 14.6. The van der Waals surface area contributed by atoms with Crippen LogP contribution in [0.3, 0.4) is 0 Å². The summed E-state index contributed by atoms with van der Waals surface area (Å²) >= 11 is 0. The summed E-state index contributed by atoms with van der Waals surface area (Å²) in [6.45, 7) is 1.56. The fourth-order valence-electron chi connectivity index (χ4n) is 3.87. The van der Waals surface area contributed by atoms with Gasteiger partial charge in [0, 0.05) is 24.9 Å². The Bertz CT molecular complexity index is 1130. The van der Waals surface area contributed by atoms with Crippen LogP contribution in [0.15, 0.2) is 78.0 Å². The fourth-order valence-corrected chi connectivity index (χ4v) is 3.87. The van der Waals surface area contributed by atoms with Crippen molar-refractivity contribution in [3.8, 4) is 5.75 Å². The number of nitrogens with zero attached hydrogens (tertiary/aromatic N) is 4. The van der Waals surface area contributed by atoms with Crippen molar-refractivity contribution >= 4 is 29.2 Å². The molecule has 5 rings (SSSR count). The number of hydrogen-bond acceptors (Lipinski definition) is 5. The molecule has 2 aliphatic heterocycles. The number of hydrogen-bond donors (Lipinski definition) is 0. The molecule has 29 heavy (non-hydrogen) atoms. The lowest BCUT2D eigenvalue weighted by Crippen LogP contribution is -2.39. The standard InChI is InChI=1S/C23H20N4O2/c1-16(28)22-24-27(18-7-4-3-5-8-18)23-20-9-6-14-25(20)15-21(26(22)23)17-10-12-19(29-2)13-11-17/h3-15,23H,1-2H3. The van der Waals surface area contributed by atoms with Crippen molar-refractivity contribution in [1.82, 2.24) is 9.47 Å². The number of ketones is 1. The first kappa shape index (κ1) is 17.3. The molecule has 0 spiro atoms. The van der Waals surface area contributed by atoms with E-state index in [2.05, 4.69) is 10.6 Å². The fraction of sp³-hybridized carbons (Fsp3) is 0.130. The molecule has 0 saturated heterocycles. The first-order valence-electron chi connectivity index (χ1n) is 9.43. The molecule has 6 heteroatoms. The highest BCUT2D eigenvalue weighted by Crippen LogP contribution is 2.43. The number of benzene rings is 2. The molecule has 0 saturated carbocycles. The molecule has 0 aliphatic carbocycles. The molecular formula is C23H20N4O2. The van der Waals surface area contributed by atoms with Crippen LogP contribution in [-0.2, 0) is 4.79 Å². The predicted octanol–water partition coefficient (Wildman–Crippen LogP) is 4.19. The van der Waals surface area contributed by atoms with Gasteiger partial charge < -0.3 is 9.30 Å². The predicted molar refractivity (Wildman–Crippen MR) is 113 cm³/mol. The van der Waals surface area contributed by atoms with E-state index in [1.165, 1.54) is 0 Å². The second-order valence-electron chi connectivity index (χ2n) is 6.99. The lowest BCUT2D eigenvalue weighted by atomic mass is 10.1. The Morgan fingerprint density at radius 1 is 1.00 bits per heavy atom. The van der Waals surface area contributed by atoms with Crippen molar-refractivity contribution in [2.24, 2.45) is 5.10 Å². The van der Waals surface area contributed by atoms with Crippen LogP contribution in [-0.4, -0.2) is 28.2 Å². The van der Waals surface area contributed by atoms with Crippen LogP contribution in [0.1, 0.15) is 24.3 Å². The van der Waals surface area contributed by atoms with Gasteiger partial charge in [-0.1, -0.05) is 18.2 Å². The molecule has 0 bridgehead atoms. The number of rotatable bonds is 4. The van der Waals surface area contributed by atoms with E-state index >= 15 is 0 Å². The SMILES string of the molecule is COc1ccc(C2=Cn3cccc3C3N2C(C(C)=O)=NN3c2ccccc2)cc1. The van der Waals surface area contributed by atoms with Crippen LogP contribution >= 0.6 is 0 Å². The topological polar surface area (TPSA) is 50.1 Å². The quantitative estimate of drug-likeness (QED) is 0.677. The number of fused-ring (bicyclic) bond motifs is 3. The zero-order valence-electron chi connectivity index (χ0n) is 16.2. The molecule has 1 atom stereocenters. The van der Waals surface area contributed by atoms with Gasteiger partial charge in [0.15, 0.2) is 17.8 Å². The summed E-state index contributed by atoms with van der Waals surface area (Å²) < 4.78 is 7.39. The third kappa shape index (κ3) is 2.72. The average Bonchev–Trinajstić information content (AvgIpc) is 3.38. The Balaban J connectivity index is 1.69. The molecule has 0 amide bonds. The molecule has 6 nitrogen and oxygen atoms in total. The van der Waals surface area contributed by atoms with E-state index in [0.717, 1.165) is 28.4 Å². The largest absolute Gasteiger partial charge is 0.497 e. The maximum atomic E-state index is 12.6. The molecule has 3 heterocycles. The highest BCUT2D eigenvalue weighted by molar-refractivity contribution is 6.40. The summed E-state index contributed by atoms with van der Waals surface area (Å²) in [5, 5.41) is 6.65. The number of Topliss-reactive ketones (excluding diaryl/α,β-unsaturated/α-hetero) is 1. The van der Waals surface area contributed by atoms with Crippen molar-refractivity contribution in [2.75, 3.05) is 12.1 Å². The second kappa shape index (κ2) is 6.67. The van der Waals surface area contributed by atoms with Gasteiger partial charge in [-0.3, -0.25) is 9.69 Å². The Morgan fingerprint density at radius 2 is 1.76 bits per heavy atom. The van der Waals surface area contributed by atoms with E-state index in [0.29, 0.717) is 5.84 Å². The Morgan fingerprint density at radius 3 is 2.45 bits per heavy atom. The van der Waals surface area contributed by atoms with E-state index in [9.17, 15) is 4.79 Å². The Kier molecular flexibility index (Phi) is 3.98. The van der Waals surface area contributed by atoms with E-state index in [1.54, 1.807) is 14.0 Å². The number of ether oxygens (including phenoxy) is 1. The number of anilines is 1. The lowest BCUT2D eigenvalue weighted by molar-refractivity contribution is -0.111. The summed E-state index contributed by atoms with van der Waals surface area (Å²) in [5.41, 5.74) is 3.88. The van der Waals surface area contributed by atoms with Crippen molar-refractivity contribution < 1.29 is 9.53 Å². The number of aromatic nitrogens is 1. The molecule has 3 aromatic rings. The van der Waals surface area contributed by atoms with Crippen molar-refractivity contribution in [1.29, 1.82) is 0 Å². The van der Waals surface area contributed by atoms with Crippen molar-refractivity contribution in [2.45, 2.75) is 13.1 Å². The minimum atomic E-state index is -0.242. The smallest absolute Gasteiger partial charge is 0.198 e. The molecule has 0 radical (unpaired) electrons. The molecular weight excluding hydrogens is 364 g/mol. The number of hydrazone groups is 1. The number of methoxy groups -OCH3 is 1. The number of para-hydroxylation sites is 1. The first-order chi connectivity index (χ1) is 14.2. The van der Waals surface area contributed by atoms with Gasteiger partial charge in [-0.2, -0.15) is 0 Å². The van der Waals surface area contributed by atoms with Gasteiger partial charge in [0.25, 0.3) is 0 Å². The Hall–Kier alpha value is -3.80. The summed E-state index contributed by atoms with van der Waals surface area (Å²) in [6, 6.07) is 21.8. The van der Waals surface area contributed by atoms with Crippen LogP contribution in [0.4, 0.5) is 5.69 Å². The van der Waals surface area contributed by atoms with Gasteiger partial charge in [0.1, 0.15) is 5.75 Å². The molecule has 2 aromatic carbocycles. The number of carbonyl (C=O) groups is 1. The van der Waals surface area contributed by atoms with Gasteiger partial charge in [-0.15, -0.1) is 5.10 Å². The zero-order valence-corrected chi connectivity index (χ0v) is 16.2. The maximum absolute atomic E-state index is 12.6. The molecule has 1 unspecified atom stereocenters. The van der Waals surface area contributed by atoms with Gasteiger partial charge >= 0.3 is 0 Å². The molecule has 144 valence electrons. The average molecular weight is 384 g/mol. The summed E-state index contributed by atoms with van der Waals surface area (Å²) in [5.74, 6) is 1.14. The van der Waals surface area contributed by atoms with E-state index in [1.807, 2.05) is 83.0 Å². The van der Waals surface area contributed by atoms with Crippen LogP contribution < -0.4 is 9.75 Å². The third-order valence-electron chi connectivity index (χ3n) is 5.23. The normalized spacial score (nSPS) is 17.4. The van der Waals surface area contributed by atoms with E-state index in [4.69, 9.17) is 9.84 Å². The van der Waals surface area contributed by atoms with Crippen LogP contribution in [0.2, 0.25) is 0 Å². The zero-order chi connectivity index (χ0) is 20.0. The Labute approximate surface area is 168 Å². The highest BCUT2D eigenvalue weighted by atomic mass is 16.5. The first-order valence-corrected chi connectivity index (χ1v) is 9.43. The second-order valence-corrected chi connectivity index (χ2v) is 6.99. The van der Waals surface area contributed by atoms with E-state index < -0.39 is 0 Å². The van der Waals surface area contributed by atoms with Crippen molar-refractivity contribution in [3.63, 3.8) is 0 Å². The number of amidine groups is 1. The highest BCUT2D eigenvalue weighted by Gasteiger charge is 2.43. The third-order valence-corrected chi connectivity index (χ3v) is 5.23. The lowest BCUT2D eigenvalue weighted by Gasteiger charge is -2.36. The molecule has 0 fully saturated rings. The van der Waals surface area contributed by atoms with Gasteiger partial charge in [0.05, 0.1) is 24.2 Å².